The summed E-state index contributed by atoms with van der Waals surface area (Å²) in [5.74, 6) is 2.89. The van der Waals surface area contributed by atoms with Gasteiger partial charge < -0.3 is 15.4 Å². The van der Waals surface area contributed by atoms with Crippen molar-refractivity contribution < 1.29 is 0 Å². The highest BCUT2D eigenvalue weighted by Crippen LogP contribution is 2.32. The van der Waals surface area contributed by atoms with Crippen molar-refractivity contribution in [3.05, 3.63) is 0 Å². The van der Waals surface area contributed by atoms with Crippen LogP contribution in [-0.4, -0.2) is 21.5 Å². The summed E-state index contributed by atoms with van der Waals surface area (Å²) >= 11 is 0. The van der Waals surface area contributed by atoms with Crippen molar-refractivity contribution in [2.75, 3.05) is 0 Å². The van der Waals surface area contributed by atoms with E-state index >= 15 is 0 Å². The Hall–Kier alpha value is 0.0748. The fourth-order valence-electron chi connectivity index (χ4n) is 3.98. The average molecular weight is 290 g/mol. The molecule has 21 heavy (non-hydrogen) atoms. The van der Waals surface area contributed by atoms with Gasteiger partial charge in [0.05, 0.1) is 0 Å². The van der Waals surface area contributed by atoms with Gasteiger partial charge in [0.15, 0.2) is 0 Å². The van der Waals surface area contributed by atoms with Gasteiger partial charge in [-0.3, -0.25) is 0 Å². The largest absolute Gasteiger partial charge is 0.375 e. The van der Waals surface area contributed by atoms with Gasteiger partial charge in [-0.1, -0.05) is 73.6 Å². The first-order chi connectivity index (χ1) is 10.0. The molecule has 1 rings (SSSR count). The minimum absolute atomic E-state index is 0.389. The van der Waals surface area contributed by atoms with E-state index < -0.39 is 0 Å². The van der Waals surface area contributed by atoms with E-state index in [0.29, 0.717) is 25.6 Å². The van der Waals surface area contributed by atoms with Gasteiger partial charge in [-0.2, -0.15) is 0 Å². The van der Waals surface area contributed by atoms with Gasteiger partial charge in [-0.05, 0) is 23.5 Å². The topological polar surface area (TPSA) is 36.1 Å². The molecule has 119 valence electrons. The fraction of sp³-hybridized carbons (Fsp3) is 1.00. The van der Waals surface area contributed by atoms with Crippen LogP contribution in [0.3, 0.4) is 0 Å². The van der Waals surface area contributed by atoms with Crippen molar-refractivity contribution in [2.45, 2.75) is 85.3 Å². The van der Waals surface area contributed by atoms with Gasteiger partial charge in [-0.15, -0.1) is 0 Å². The minimum atomic E-state index is 0.389. The summed E-state index contributed by atoms with van der Waals surface area (Å²) in [4.78, 5) is 0. The molecule has 0 aromatic heterocycles. The van der Waals surface area contributed by atoms with E-state index in [0.717, 1.165) is 11.8 Å². The minimum Gasteiger partial charge on any atom is -0.375 e. The van der Waals surface area contributed by atoms with Crippen LogP contribution in [0.15, 0.2) is 0 Å². The van der Waals surface area contributed by atoms with Crippen molar-refractivity contribution in [1.29, 1.82) is 0 Å². The summed E-state index contributed by atoms with van der Waals surface area (Å²) in [5, 5.41) is 10.8. The molecule has 0 bridgehead atoms. The zero-order chi connectivity index (χ0) is 15.8. The lowest BCUT2D eigenvalue weighted by Gasteiger charge is -2.38. The number of nitrogens with one attached hydrogen (secondary N) is 3. The third-order valence-corrected chi connectivity index (χ3v) is 5.35. The molecule has 1 saturated heterocycles. The third kappa shape index (κ3) is 5.65. The third-order valence-electron chi connectivity index (χ3n) is 5.35. The van der Waals surface area contributed by atoms with E-state index in [1.54, 1.807) is 0 Å². The van der Waals surface area contributed by atoms with Crippen LogP contribution < -0.4 is 15.4 Å². The second kappa shape index (κ2) is 9.96. The summed E-state index contributed by atoms with van der Waals surface area (Å²) in [6.45, 7) is 14.9. The lowest BCUT2D eigenvalue weighted by atomic mass is 9.44. The van der Waals surface area contributed by atoms with E-state index in [9.17, 15) is 0 Å². The Balaban J connectivity index is 2.60. The second-order valence-electron chi connectivity index (χ2n) is 7.06. The van der Waals surface area contributed by atoms with Crippen LogP contribution in [0.2, 0.25) is 11.6 Å². The summed E-state index contributed by atoms with van der Waals surface area (Å²) < 4.78 is 0. The Bertz CT molecular complexity index is 281. The molecule has 0 aromatic rings. The van der Waals surface area contributed by atoms with Crippen molar-refractivity contribution in [1.82, 2.24) is 15.4 Å². The molecular formula is C15H35B3N3. The molecule has 4 atom stereocenters. The van der Waals surface area contributed by atoms with Gasteiger partial charge in [0.2, 0.25) is 0 Å². The number of hydrogen-bond acceptors (Lipinski definition) is 3. The Kier molecular flexibility index (Phi) is 9.07. The van der Waals surface area contributed by atoms with E-state index in [4.69, 9.17) is 0 Å². The summed E-state index contributed by atoms with van der Waals surface area (Å²) in [5.41, 5.74) is 0. The first-order valence-electron chi connectivity index (χ1n) is 9.14. The summed E-state index contributed by atoms with van der Waals surface area (Å²) in [6, 6.07) is 0. The average Bonchev–Trinajstić information content (AvgIpc) is 2.48. The molecule has 0 saturated carbocycles. The molecule has 1 heterocycles. The van der Waals surface area contributed by atoms with Gasteiger partial charge in [0, 0.05) is 0 Å². The maximum absolute atomic E-state index is 3.80. The monoisotopic (exact) mass is 290 g/mol. The van der Waals surface area contributed by atoms with Gasteiger partial charge in [0.1, 0.15) is 0 Å². The molecule has 0 spiro atoms. The van der Waals surface area contributed by atoms with Crippen molar-refractivity contribution >= 4 is 21.5 Å². The molecule has 1 radical (unpaired) electrons. The number of hydrogen-bond donors (Lipinski definition) is 3. The zero-order valence-corrected chi connectivity index (χ0v) is 15.1. The molecule has 1 fully saturated rings. The van der Waals surface area contributed by atoms with Crippen LogP contribution in [0.4, 0.5) is 0 Å². The molecule has 3 nitrogen and oxygen atoms in total. The highest BCUT2D eigenvalue weighted by atomic mass is 15.0. The zero-order valence-electron chi connectivity index (χ0n) is 15.1. The predicted octanol–water partition coefficient (Wildman–Crippen LogP) is 3.32. The van der Waals surface area contributed by atoms with Gasteiger partial charge >= 0.3 is 0 Å². The van der Waals surface area contributed by atoms with E-state index in [1.165, 1.54) is 32.1 Å². The maximum Gasteiger partial charge on any atom is 0.287 e. The van der Waals surface area contributed by atoms with E-state index in [2.05, 4.69) is 64.5 Å². The highest BCUT2D eigenvalue weighted by molar-refractivity contribution is 6.82. The standard InChI is InChI=1S/C15H35B3N3/c1-7-10-12(4)15(9-3)14(6)18-20-16-19-17(21-18)13(5)11-8-2/h12-15,19-21H,7-11H2,1-6H3. The normalized spacial score (nSPS) is 21.6. The molecule has 0 aromatic carbocycles. The highest BCUT2D eigenvalue weighted by Gasteiger charge is 2.37. The molecule has 6 heteroatoms. The second-order valence-corrected chi connectivity index (χ2v) is 7.06. The Labute approximate surface area is 134 Å². The van der Waals surface area contributed by atoms with E-state index in [-0.39, 0.29) is 0 Å². The maximum atomic E-state index is 3.80. The SMILES string of the molecule is CCCC(C)B1N[B]NB(C(C)C(CC)C(C)CCC)N1. The quantitative estimate of drug-likeness (QED) is 0.570. The first kappa shape index (κ1) is 19.1. The Morgan fingerprint density at radius 2 is 1.52 bits per heavy atom. The summed E-state index contributed by atoms with van der Waals surface area (Å²) in [6.07, 6.45) is 6.42. The van der Waals surface area contributed by atoms with Crippen LogP contribution in [0, 0.1) is 11.8 Å². The molecule has 1 aliphatic heterocycles. The molecular weight excluding hydrogens is 255 g/mol. The predicted molar refractivity (Wildman–Crippen MR) is 98.3 cm³/mol. The van der Waals surface area contributed by atoms with Crippen LogP contribution in [0.25, 0.3) is 0 Å². The van der Waals surface area contributed by atoms with Gasteiger partial charge in [0.25, 0.3) is 21.5 Å². The summed E-state index contributed by atoms with van der Waals surface area (Å²) in [7, 11) is 2.06. The van der Waals surface area contributed by atoms with Crippen molar-refractivity contribution in [2.24, 2.45) is 11.8 Å². The van der Waals surface area contributed by atoms with Crippen LogP contribution >= 0.6 is 0 Å². The lowest BCUT2D eigenvalue weighted by Crippen LogP contribution is -2.72. The first-order valence-corrected chi connectivity index (χ1v) is 9.14. The molecule has 0 amide bonds. The van der Waals surface area contributed by atoms with Crippen LogP contribution in [0.5, 0.6) is 0 Å². The molecule has 1 aliphatic rings. The van der Waals surface area contributed by atoms with E-state index in [1.807, 2.05) is 0 Å². The Morgan fingerprint density at radius 1 is 0.905 bits per heavy atom. The van der Waals surface area contributed by atoms with Crippen LogP contribution in [0.1, 0.15) is 73.6 Å². The van der Waals surface area contributed by atoms with Crippen LogP contribution in [-0.2, 0) is 0 Å². The van der Waals surface area contributed by atoms with Gasteiger partial charge in [-0.25, -0.2) is 0 Å². The fourth-order valence-corrected chi connectivity index (χ4v) is 3.98. The molecule has 3 N–H and O–H groups in total. The lowest BCUT2D eigenvalue weighted by molar-refractivity contribution is 0.312. The Morgan fingerprint density at radius 3 is 2.10 bits per heavy atom. The van der Waals surface area contributed by atoms with Crippen molar-refractivity contribution in [3.63, 3.8) is 0 Å². The molecule has 4 unspecified atom stereocenters. The molecule has 0 aliphatic carbocycles. The smallest absolute Gasteiger partial charge is 0.287 e. The number of rotatable bonds is 9. The van der Waals surface area contributed by atoms with Crippen molar-refractivity contribution in [3.8, 4) is 0 Å².